The van der Waals surface area contributed by atoms with Gasteiger partial charge in [0, 0.05) is 29.0 Å². The van der Waals surface area contributed by atoms with Crippen LogP contribution in [-0.4, -0.2) is 24.0 Å². The van der Waals surface area contributed by atoms with Crippen molar-refractivity contribution in [3.8, 4) is 5.75 Å². The number of carbonyl (C=O) groups excluding carboxylic acids is 1. The van der Waals surface area contributed by atoms with Crippen molar-refractivity contribution >= 4 is 28.9 Å². The Morgan fingerprint density at radius 3 is 2.70 bits per heavy atom. The van der Waals surface area contributed by atoms with Crippen LogP contribution >= 0.6 is 11.6 Å². The first-order chi connectivity index (χ1) is 10.9. The SMILES string of the molecule is COc1cc(Cl)c(C)cc1Nc1ccnc(C(=O)NC(C)C)c1. The van der Waals surface area contributed by atoms with Gasteiger partial charge in [0.1, 0.15) is 11.4 Å². The fraction of sp³-hybridized carbons (Fsp3) is 0.294. The molecule has 1 amide bonds. The highest BCUT2D eigenvalue weighted by atomic mass is 35.5. The highest BCUT2D eigenvalue weighted by Gasteiger charge is 2.11. The number of benzene rings is 1. The molecule has 0 saturated heterocycles. The van der Waals surface area contributed by atoms with Crippen LogP contribution in [0.3, 0.4) is 0 Å². The summed E-state index contributed by atoms with van der Waals surface area (Å²) in [6, 6.07) is 7.19. The van der Waals surface area contributed by atoms with Crippen molar-refractivity contribution in [2.24, 2.45) is 0 Å². The zero-order chi connectivity index (χ0) is 17.0. The van der Waals surface area contributed by atoms with Crippen LogP contribution in [-0.2, 0) is 0 Å². The molecular weight excluding hydrogens is 314 g/mol. The number of amides is 1. The minimum atomic E-state index is -0.206. The maximum absolute atomic E-state index is 12.0. The summed E-state index contributed by atoms with van der Waals surface area (Å²) in [6.45, 7) is 5.73. The fourth-order valence-corrected chi connectivity index (χ4v) is 2.21. The number of halogens is 1. The van der Waals surface area contributed by atoms with E-state index < -0.39 is 0 Å². The molecule has 23 heavy (non-hydrogen) atoms. The maximum atomic E-state index is 12.0. The Bertz CT molecular complexity index is 717. The van der Waals surface area contributed by atoms with Crippen LogP contribution in [0.4, 0.5) is 11.4 Å². The van der Waals surface area contributed by atoms with Gasteiger partial charge in [0.25, 0.3) is 5.91 Å². The lowest BCUT2D eigenvalue weighted by Crippen LogP contribution is -2.30. The van der Waals surface area contributed by atoms with Crippen LogP contribution < -0.4 is 15.4 Å². The van der Waals surface area contributed by atoms with Crippen molar-refractivity contribution < 1.29 is 9.53 Å². The van der Waals surface area contributed by atoms with E-state index in [2.05, 4.69) is 15.6 Å². The maximum Gasteiger partial charge on any atom is 0.270 e. The summed E-state index contributed by atoms with van der Waals surface area (Å²) in [5.41, 5.74) is 2.81. The van der Waals surface area contributed by atoms with Crippen molar-refractivity contribution in [2.45, 2.75) is 26.8 Å². The Morgan fingerprint density at radius 2 is 2.04 bits per heavy atom. The fourth-order valence-electron chi connectivity index (χ4n) is 2.05. The third kappa shape index (κ3) is 4.36. The number of rotatable bonds is 5. The van der Waals surface area contributed by atoms with Gasteiger partial charge in [-0.2, -0.15) is 0 Å². The average Bonchev–Trinajstić information content (AvgIpc) is 2.50. The second-order valence-electron chi connectivity index (χ2n) is 5.48. The molecular formula is C17H20ClN3O2. The number of pyridine rings is 1. The zero-order valence-electron chi connectivity index (χ0n) is 13.6. The van der Waals surface area contributed by atoms with E-state index in [1.54, 1.807) is 31.5 Å². The first kappa shape index (κ1) is 17.1. The summed E-state index contributed by atoms with van der Waals surface area (Å²) < 4.78 is 5.34. The number of anilines is 2. The summed E-state index contributed by atoms with van der Waals surface area (Å²) in [5.74, 6) is 0.425. The van der Waals surface area contributed by atoms with E-state index in [1.807, 2.05) is 26.8 Å². The number of methoxy groups -OCH3 is 1. The molecule has 0 aliphatic carbocycles. The van der Waals surface area contributed by atoms with E-state index in [4.69, 9.17) is 16.3 Å². The van der Waals surface area contributed by atoms with E-state index in [0.717, 1.165) is 16.9 Å². The molecule has 122 valence electrons. The number of nitrogens with zero attached hydrogens (tertiary/aromatic N) is 1. The lowest BCUT2D eigenvalue weighted by atomic mass is 10.2. The van der Waals surface area contributed by atoms with Gasteiger partial charge in [-0.3, -0.25) is 9.78 Å². The van der Waals surface area contributed by atoms with E-state index in [1.165, 1.54) is 0 Å². The highest BCUT2D eigenvalue weighted by Crippen LogP contribution is 2.33. The molecule has 0 bridgehead atoms. The molecule has 0 atom stereocenters. The molecule has 1 aromatic heterocycles. The Kier molecular flexibility index (Phi) is 5.45. The predicted octanol–water partition coefficient (Wildman–Crippen LogP) is 3.93. The Balaban J connectivity index is 2.27. The van der Waals surface area contributed by atoms with Gasteiger partial charge < -0.3 is 15.4 Å². The molecule has 0 aliphatic heterocycles. The molecule has 0 radical (unpaired) electrons. The van der Waals surface area contributed by atoms with E-state index in [9.17, 15) is 4.79 Å². The van der Waals surface area contributed by atoms with Crippen molar-refractivity contribution in [3.63, 3.8) is 0 Å². The lowest BCUT2D eigenvalue weighted by Gasteiger charge is -2.14. The van der Waals surface area contributed by atoms with Gasteiger partial charge in [-0.05, 0) is 44.5 Å². The first-order valence-electron chi connectivity index (χ1n) is 7.28. The summed E-state index contributed by atoms with van der Waals surface area (Å²) in [7, 11) is 1.58. The molecule has 2 aromatic rings. The average molecular weight is 334 g/mol. The molecule has 2 rings (SSSR count). The van der Waals surface area contributed by atoms with Gasteiger partial charge in [-0.25, -0.2) is 0 Å². The highest BCUT2D eigenvalue weighted by molar-refractivity contribution is 6.31. The molecule has 0 unspecified atom stereocenters. The Morgan fingerprint density at radius 1 is 1.30 bits per heavy atom. The number of hydrogen-bond donors (Lipinski definition) is 2. The van der Waals surface area contributed by atoms with Gasteiger partial charge in [0.15, 0.2) is 0 Å². The molecule has 2 N–H and O–H groups in total. The van der Waals surface area contributed by atoms with Crippen LogP contribution in [0.15, 0.2) is 30.5 Å². The van der Waals surface area contributed by atoms with Gasteiger partial charge in [0.05, 0.1) is 12.8 Å². The second kappa shape index (κ2) is 7.33. The van der Waals surface area contributed by atoms with Gasteiger partial charge in [-0.15, -0.1) is 0 Å². The minimum absolute atomic E-state index is 0.0555. The number of aryl methyl sites for hydroxylation is 1. The lowest BCUT2D eigenvalue weighted by molar-refractivity contribution is 0.0938. The largest absolute Gasteiger partial charge is 0.495 e. The standard InChI is InChI=1S/C17H20ClN3O2/c1-10(2)20-17(22)15-8-12(5-6-19-15)21-14-7-11(3)13(18)9-16(14)23-4/h5-10H,1-4H3,(H,19,21)(H,20,22). The number of ether oxygens (including phenoxy) is 1. The summed E-state index contributed by atoms with van der Waals surface area (Å²) in [4.78, 5) is 16.1. The van der Waals surface area contributed by atoms with Crippen molar-refractivity contribution in [1.82, 2.24) is 10.3 Å². The first-order valence-corrected chi connectivity index (χ1v) is 7.66. The predicted molar refractivity (Wildman–Crippen MR) is 92.9 cm³/mol. The molecule has 0 saturated carbocycles. The van der Waals surface area contributed by atoms with Crippen LogP contribution in [0.25, 0.3) is 0 Å². The van der Waals surface area contributed by atoms with Crippen LogP contribution in [0.2, 0.25) is 5.02 Å². The summed E-state index contributed by atoms with van der Waals surface area (Å²) in [6.07, 6.45) is 1.59. The van der Waals surface area contributed by atoms with Gasteiger partial charge in [-0.1, -0.05) is 11.6 Å². The van der Waals surface area contributed by atoms with E-state index >= 15 is 0 Å². The summed E-state index contributed by atoms with van der Waals surface area (Å²) in [5, 5.41) is 6.69. The van der Waals surface area contributed by atoms with Crippen LogP contribution in [0.1, 0.15) is 29.9 Å². The van der Waals surface area contributed by atoms with Gasteiger partial charge >= 0.3 is 0 Å². The van der Waals surface area contributed by atoms with Crippen LogP contribution in [0.5, 0.6) is 5.75 Å². The smallest absolute Gasteiger partial charge is 0.270 e. The number of carbonyl (C=O) groups is 1. The van der Waals surface area contributed by atoms with E-state index in [-0.39, 0.29) is 11.9 Å². The van der Waals surface area contributed by atoms with Crippen molar-refractivity contribution in [2.75, 3.05) is 12.4 Å². The third-order valence-corrected chi connectivity index (χ3v) is 3.58. The molecule has 5 nitrogen and oxygen atoms in total. The van der Waals surface area contributed by atoms with Crippen LogP contribution in [0, 0.1) is 6.92 Å². The molecule has 0 spiro atoms. The number of hydrogen-bond acceptors (Lipinski definition) is 4. The minimum Gasteiger partial charge on any atom is -0.495 e. The topological polar surface area (TPSA) is 63.2 Å². The van der Waals surface area contributed by atoms with Crippen molar-refractivity contribution in [3.05, 3.63) is 46.7 Å². The molecule has 6 heteroatoms. The summed E-state index contributed by atoms with van der Waals surface area (Å²) >= 11 is 6.11. The second-order valence-corrected chi connectivity index (χ2v) is 5.89. The molecule has 1 heterocycles. The third-order valence-electron chi connectivity index (χ3n) is 3.17. The molecule has 1 aromatic carbocycles. The van der Waals surface area contributed by atoms with E-state index in [0.29, 0.717) is 16.5 Å². The normalized spacial score (nSPS) is 10.5. The Hall–Kier alpha value is -2.27. The molecule has 0 fully saturated rings. The number of nitrogens with one attached hydrogen (secondary N) is 2. The van der Waals surface area contributed by atoms with Crippen molar-refractivity contribution in [1.29, 1.82) is 0 Å². The molecule has 0 aliphatic rings. The zero-order valence-corrected chi connectivity index (χ0v) is 14.4. The Labute approximate surface area is 141 Å². The van der Waals surface area contributed by atoms with Gasteiger partial charge in [0.2, 0.25) is 0 Å². The quantitative estimate of drug-likeness (QED) is 0.870. The monoisotopic (exact) mass is 333 g/mol. The number of aromatic nitrogens is 1.